The van der Waals surface area contributed by atoms with Crippen molar-refractivity contribution in [2.75, 3.05) is 0 Å². The Kier molecular flexibility index (Phi) is 3.09. The molecule has 0 bridgehead atoms. The lowest BCUT2D eigenvalue weighted by Gasteiger charge is -1.96. The van der Waals surface area contributed by atoms with E-state index in [0.717, 1.165) is 46.3 Å². The molecule has 5 nitrogen and oxygen atoms in total. The van der Waals surface area contributed by atoms with E-state index in [9.17, 15) is 0 Å². The number of fused-ring (bicyclic) bond motifs is 2. The molecular formula is C18H15N5. The van der Waals surface area contributed by atoms with Gasteiger partial charge in [-0.25, -0.2) is 4.98 Å². The van der Waals surface area contributed by atoms with Crippen LogP contribution < -0.4 is 0 Å². The molecule has 0 spiro atoms. The fourth-order valence-corrected chi connectivity index (χ4v) is 2.87. The fraction of sp³-hybridized carbons (Fsp3) is 0.167. The van der Waals surface area contributed by atoms with Gasteiger partial charge in [0.05, 0.1) is 28.2 Å². The molecule has 0 aliphatic heterocycles. The first kappa shape index (κ1) is 13.5. The smallest absolute Gasteiger partial charge is 0.159 e. The van der Waals surface area contributed by atoms with Crippen LogP contribution >= 0.6 is 0 Å². The van der Waals surface area contributed by atoms with Crippen LogP contribution in [0.25, 0.3) is 33.5 Å². The number of imidazole rings is 1. The van der Waals surface area contributed by atoms with Crippen molar-refractivity contribution in [1.82, 2.24) is 20.2 Å². The minimum absolute atomic E-state index is 0.612. The first-order valence-corrected chi connectivity index (χ1v) is 7.65. The molecule has 23 heavy (non-hydrogen) atoms. The van der Waals surface area contributed by atoms with Gasteiger partial charge in [-0.2, -0.15) is 10.4 Å². The third kappa shape index (κ3) is 2.25. The van der Waals surface area contributed by atoms with E-state index in [1.165, 1.54) is 5.56 Å². The van der Waals surface area contributed by atoms with E-state index in [1.54, 1.807) is 6.07 Å². The number of nitrogens with one attached hydrogen (secondary N) is 2. The summed E-state index contributed by atoms with van der Waals surface area (Å²) in [5.74, 6) is 0.718. The van der Waals surface area contributed by atoms with Crippen LogP contribution in [-0.4, -0.2) is 20.2 Å². The van der Waals surface area contributed by atoms with Gasteiger partial charge in [0.1, 0.15) is 5.69 Å². The second-order valence-corrected chi connectivity index (χ2v) is 5.63. The van der Waals surface area contributed by atoms with Crippen molar-refractivity contribution in [1.29, 1.82) is 5.26 Å². The number of aromatic nitrogens is 4. The highest BCUT2D eigenvalue weighted by atomic mass is 15.1. The number of aromatic amines is 2. The lowest BCUT2D eigenvalue weighted by atomic mass is 10.1. The van der Waals surface area contributed by atoms with Gasteiger partial charge in [0.15, 0.2) is 5.82 Å². The second-order valence-electron chi connectivity index (χ2n) is 5.63. The van der Waals surface area contributed by atoms with Crippen molar-refractivity contribution in [3.8, 4) is 17.6 Å². The Morgan fingerprint density at radius 2 is 2.00 bits per heavy atom. The summed E-state index contributed by atoms with van der Waals surface area (Å²) in [5, 5.41) is 17.3. The lowest BCUT2D eigenvalue weighted by Crippen LogP contribution is -1.82. The van der Waals surface area contributed by atoms with E-state index in [4.69, 9.17) is 5.26 Å². The molecule has 0 radical (unpaired) electrons. The Balaban J connectivity index is 1.87. The van der Waals surface area contributed by atoms with Crippen molar-refractivity contribution in [3.05, 3.63) is 47.5 Å². The molecule has 0 aliphatic carbocycles. The fourth-order valence-electron chi connectivity index (χ4n) is 2.87. The van der Waals surface area contributed by atoms with Gasteiger partial charge in [-0.15, -0.1) is 0 Å². The van der Waals surface area contributed by atoms with Gasteiger partial charge in [-0.1, -0.05) is 19.4 Å². The van der Waals surface area contributed by atoms with Crippen LogP contribution in [-0.2, 0) is 6.42 Å². The number of H-pyrrole nitrogens is 2. The Labute approximate surface area is 133 Å². The van der Waals surface area contributed by atoms with E-state index in [-0.39, 0.29) is 0 Å². The molecule has 4 aromatic rings. The molecule has 0 saturated carbocycles. The molecule has 0 saturated heterocycles. The zero-order valence-corrected chi connectivity index (χ0v) is 12.7. The first-order valence-electron chi connectivity index (χ1n) is 7.65. The van der Waals surface area contributed by atoms with Crippen LogP contribution in [0.3, 0.4) is 0 Å². The van der Waals surface area contributed by atoms with E-state index >= 15 is 0 Å². The van der Waals surface area contributed by atoms with Crippen LogP contribution in [0.4, 0.5) is 0 Å². The van der Waals surface area contributed by atoms with Crippen molar-refractivity contribution < 1.29 is 0 Å². The summed E-state index contributed by atoms with van der Waals surface area (Å²) < 4.78 is 0. The topological polar surface area (TPSA) is 81.1 Å². The SMILES string of the molecule is CCCc1ccc2[nH]c(-c3n[nH]c4ccc(C#N)cc34)nc2c1. The second kappa shape index (κ2) is 5.25. The number of rotatable bonds is 3. The van der Waals surface area contributed by atoms with Crippen molar-refractivity contribution in [2.45, 2.75) is 19.8 Å². The molecule has 0 aliphatic rings. The molecule has 2 heterocycles. The third-order valence-corrected chi connectivity index (χ3v) is 4.00. The van der Waals surface area contributed by atoms with E-state index in [1.807, 2.05) is 12.1 Å². The average Bonchev–Trinajstić information content (AvgIpc) is 3.17. The standard InChI is InChI=1S/C18H15N5/c1-2-3-11-4-7-15-16(9-11)21-18(20-15)17-13-8-12(10-19)5-6-14(13)22-23-17/h4-9H,2-3H2,1H3,(H,20,21)(H,22,23). The van der Waals surface area contributed by atoms with E-state index in [0.29, 0.717) is 5.56 Å². The molecule has 4 rings (SSSR count). The Hall–Kier alpha value is -3.13. The maximum atomic E-state index is 9.09. The van der Waals surface area contributed by atoms with Gasteiger partial charge < -0.3 is 4.98 Å². The molecule has 2 N–H and O–H groups in total. The van der Waals surface area contributed by atoms with Gasteiger partial charge in [0, 0.05) is 5.39 Å². The van der Waals surface area contributed by atoms with Gasteiger partial charge >= 0.3 is 0 Å². The Bertz CT molecular complexity index is 1050. The van der Waals surface area contributed by atoms with E-state index in [2.05, 4.69) is 51.4 Å². The number of hydrogen-bond donors (Lipinski definition) is 2. The summed E-state index contributed by atoms with van der Waals surface area (Å²) in [5.41, 5.74) is 5.47. The van der Waals surface area contributed by atoms with Gasteiger partial charge in [-0.3, -0.25) is 5.10 Å². The highest BCUT2D eigenvalue weighted by Gasteiger charge is 2.13. The number of benzene rings is 2. The van der Waals surface area contributed by atoms with Crippen LogP contribution in [0.1, 0.15) is 24.5 Å². The summed E-state index contributed by atoms with van der Waals surface area (Å²) in [6, 6.07) is 14.0. The predicted molar refractivity (Wildman–Crippen MR) is 89.9 cm³/mol. The van der Waals surface area contributed by atoms with Crippen molar-refractivity contribution >= 4 is 21.9 Å². The molecule has 0 unspecified atom stereocenters. The van der Waals surface area contributed by atoms with Crippen molar-refractivity contribution in [2.24, 2.45) is 0 Å². The van der Waals surface area contributed by atoms with Crippen LogP contribution in [0.2, 0.25) is 0 Å². The summed E-state index contributed by atoms with van der Waals surface area (Å²) >= 11 is 0. The minimum atomic E-state index is 0.612. The molecule has 5 heteroatoms. The summed E-state index contributed by atoms with van der Waals surface area (Å²) in [7, 11) is 0. The third-order valence-electron chi connectivity index (χ3n) is 4.00. The average molecular weight is 301 g/mol. The Morgan fingerprint density at radius 3 is 2.83 bits per heavy atom. The number of aryl methyl sites for hydroxylation is 1. The highest BCUT2D eigenvalue weighted by Crippen LogP contribution is 2.27. The quantitative estimate of drug-likeness (QED) is 0.601. The number of hydrogen-bond acceptors (Lipinski definition) is 3. The predicted octanol–water partition coefficient (Wildman–Crippen LogP) is 3.93. The lowest BCUT2D eigenvalue weighted by molar-refractivity contribution is 0.923. The molecule has 2 aromatic carbocycles. The van der Waals surface area contributed by atoms with Gasteiger partial charge in [0.25, 0.3) is 0 Å². The van der Waals surface area contributed by atoms with Crippen LogP contribution in [0, 0.1) is 11.3 Å². The molecule has 0 amide bonds. The normalized spacial score (nSPS) is 11.1. The molecule has 0 atom stereocenters. The largest absolute Gasteiger partial charge is 0.337 e. The zero-order valence-electron chi connectivity index (χ0n) is 12.7. The van der Waals surface area contributed by atoms with Gasteiger partial charge in [0.2, 0.25) is 0 Å². The minimum Gasteiger partial charge on any atom is -0.337 e. The number of nitriles is 1. The van der Waals surface area contributed by atoms with Crippen molar-refractivity contribution in [3.63, 3.8) is 0 Å². The van der Waals surface area contributed by atoms with E-state index < -0.39 is 0 Å². The first-order chi connectivity index (χ1) is 11.3. The van der Waals surface area contributed by atoms with Crippen LogP contribution in [0.15, 0.2) is 36.4 Å². The molecule has 112 valence electrons. The van der Waals surface area contributed by atoms with Crippen LogP contribution in [0.5, 0.6) is 0 Å². The maximum Gasteiger partial charge on any atom is 0.159 e. The molecule has 0 fully saturated rings. The summed E-state index contributed by atoms with van der Waals surface area (Å²) in [4.78, 5) is 8.00. The molecular weight excluding hydrogens is 286 g/mol. The maximum absolute atomic E-state index is 9.09. The van der Waals surface area contributed by atoms with Gasteiger partial charge in [-0.05, 0) is 42.3 Å². The Morgan fingerprint density at radius 1 is 1.13 bits per heavy atom. The summed E-state index contributed by atoms with van der Waals surface area (Å²) in [6.45, 7) is 2.17. The zero-order chi connectivity index (χ0) is 15.8. The highest BCUT2D eigenvalue weighted by molar-refractivity contribution is 5.93. The monoisotopic (exact) mass is 301 g/mol. The molecule has 2 aromatic heterocycles. The summed E-state index contributed by atoms with van der Waals surface area (Å²) in [6.07, 6.45) is 2.17. The number of nitrogens with zero attached hydrogens (tertiary/aromatic N) is 3.